The molecule has 1 saturated heterocycles. The molecular formula is C17H22N2O. The summed E-state index contributed by atoms with van der Waals surface area (Å²) < 4.78 is 0. The number of carbonyl (C=O) groups excluding carboxylic acids is 1. The number of H-pyrrole nitrogens is 1. The first-order chi connectivity index (χ1) is 9.47. The molecule has 1 aromatic carbocycles. The summed E-state index contributed by atoms with van der Waals surface area (Å²) in [4.78, 5) is 17.7. The van der Waals surface area contributed by atoms with Gasteiger partial charge in [0.2, 0.25) is 5.91 Å². The van der Waals surface area contributed by atoms with E-state index in [-0.39, 0.29) is 11.3 Å². The van der Waals surface area contributed by atoms with Gasteiger partial charge in [0, 0.05) is 41.5 Å². The molecule has 20 heavy (non-hydrogen) atoms. The van der Waals surface area contributed by atoms with Gasteiger partial charge in [0.1, 0.15) is 0 Å². The monoisotopic (exact) mass is 270 g/mol. The van der Waals surface area contributed by atoms with Crippen LogP contribution < -0.4 is 0 Å². The van der Waals surface area contributed by atoms with Crippen molar-refractivity contribution in [3.8, 4) is 0 Å². The summed E-state index contributed by atoms with van der Waals surface area (Å²) in [6, 6.07) is 8.39. The predicted molar refractivity (Wildman–Crippen MR) is 81.7 cm³/mol. The first-order valence-corrected chi connectivity index (χ1v) is 7.32. The Morgan fingerprint density at radius 2 is 2.05 bits per heavy atom. The Kier molecular flexibility index (Phi) is 3.08. The summed E-state index contributed by atoms with van der Waals surface area (Å²) in [5.74, 6) is 0.720. The van der Waals surface area contributed by atoms with Gasteiger partial charge in [-0.3, -0.25) is 4.79 Å². The largest absolute Gasteiger partial charge is 0.361 e. The molecular weight excluding hydrogens is 248 g/mol. The summed E-state index contributed by atoms with van der Waals surface area (Å²) in [5.41, 5.74) is 2.25. The first-order valence-electron chi connectivity index (χ1n) is 7.32. The molecule has 1 aromatic heterocycles. The van der Waals surface area contributed by atoms with E-state index in [0.29, 0.717) is 5.92 Å². The van der Waals surface area contributed by atoms with Gasteiger partial charge in [-0.15, -0.1) is 0 Å². The van der Waals surface area contributed by atoms with E-state index in [2.05, 4.69) is 29.4 Å². The second kappa shape index (κ2) is 4.65. The molecule has 2 aromatic rings. The number of likely N-dealkylation sites (tertiary alicyclic amines) is 1. The molecule has 1 N–H and O–H groups in total. The van der Waals surface area contributed by atoms with Gasteiger partial charge in [0.05, 0.1) is 0 Å². The Morgan fingerprint density at radius 1 is 1.30 bits per heavy atom. The number of aromatic nitrogens is 1. The van der Waals surface area contributed by atoms with Crippen LogP contribution in [0, 0.1) is 5.41 Å². The summed E-state index contributed by atoms with van der Waals surface area (Å²) in [7, 11) is 0. The van der Waals surface area contributed by atoms with Crippen molar-refractivity contribution in [3.05, 3.63) is 36.0 Å². The predicted octanol–water partition coefficient (Wildman–Crippen LogP) is 3.53. The van der Waals surface area contributed by atoms with E-state index in [9.17, 15) is 4.79 Å². The fourth-order valence-electron chi connectivity index (χ4n) is 3.10. The quantitative estimate of drug-likeness (QED) is 0.845. The lowest BCUT2D eigenvalue weighted by molar-refractivity contribution is -0.138. The van der Waals surface area contributed by atoms with Gasteiger partial charge in [-0.1, -0.05) is 39.0 Å². The maximum atomic E-state index is 12.4. The average Bonchev–Trinajstić information content (AvgIpc) is 3.02. The molecule has 106 valence electrons. The first kappa shape index (κ1) is 13.2. The molecule has 1 amide bonds. The topological polar surface area (TPSA) is 36.1 Å². The van der Waals surface area contributed by atoms with E-state index in [1.165, 1.54) is 16.5 Å². The molecule has 0 spiro atoms. The number of fused-ring (bicyclic) bond motifs is 1. The molecule has 3 heteroatoms. The van der Waals surface area contributed by atoms with Gasteiger partial charge in [-0.05, 0) is 18.1 Å². The molecule has 1 aliphatic heterocycles. The number of nitrogens with one attached hydrogen (secondary N) is 1. The minimum atomic E-state index is -0.283. The number of para-hydroxylation sites is 1. The smallest absolute Gasteiger partial charge is 0.227 e. The molecule has 1 atom stereocenters. The lowest BCUT2D eigenvalue weighted by Crippen LogP contribution is -2.37. The summed E-state index contributed by atoms with van der Waals surface area (Å²) in [5, 5.41) is 1.29. The standard InChI is InChI=1S/C17H22N2O/c1-17(2,3)16(20)19-9-8-12(11-19)14-10-18-15-7-5-4-6-13(14)15/h4-7,10,12,18H,8-9,11H2,1-3H3. The zero-order valence-electron chi connectivity index (χ0n) is 12.4. The molecule has 1 unspecified atom stereocenters. The van der Waals surface area contributed by atoms with Crippen molar-refractivity contribution in [2.75, 3.05) is 13.1 Å². The second-order valence-corrected chi connectivity index (χ2v) is 6.78. The maximum absolute atomic E-state index is 12.4. The maximum Gasteiger partial charge on any atom is 0.227 e. The van der Waals surface area contributed by atoms with Crippen molar-refractivity contribution in [1.82, 2.24) is 9.88 Å². The molecule has 0 saturated carbocycles. The van der Waals surface area contributed by atoms with Crippen molar-refractivity contribution in [2.24, 2.45) is 5.41 Å². The number of carbonyl (C=O) groups is 1. The highest BCUT2D eigenvalue weighted by Gasteiger charge is 2.33. The highest BCUT2D eigenvalue weighted by atomic mass is 16.2. The number of hydrogen-bond donors (Lipinski definition) is 1. The van der Waals surface area contributed by atoms with E-state index < -0.39 is 0 Å². The Morgan fingerprint density at radius 3 is 2.80 bits per heavy atom. The summed E-state index contributed by atoms with van der Waals surface area (Å²) in [6.45, 7) is 7.70. The molecule has 2 heterocycles. The zero-order valence-corrected chi connectivity index (χ0v) is 12.4. The Balaban J connectivity index is 1.82. The Hall–Kier alpha value is -1.77. The lowest BCUT2D eigenvalue weighted by Gasteiger charge is -2.25. The van der Waals surface area contributed by atoms with Crippen LogP contribution in [0.1, 0.15) is 38.7 Å². The molecule has 3 nitrogen and oxygen atoms in total. The van der Waals surface area contributed by atoms with Crippen LogP contribution in [0.15, 0.2) is 30.5 Å². The van der Waals surface area contributed by atoms with Crippen LogP contribution in [-0.2, 0) is 4.79 Å². The van der Waals surface area contributed by atoms with Gasteiger partial charge < -0.3 is 9.88 Å². The van der Waals surface area contributed by atoms with Crippen LogP contribution in [0.4, 0.5) is 0 Å². The average molecular weight is 270 g/mol. The van der Waals surface area contributed by atoms with E-state index in [0.717, 1.165) is 19.5 Å². The van der Waals surface area contributed by atoms with Crippen LogP contribution in [0.5, 0.6) is 0 Å². The van der Waals surface area contributed by atoms with Gasteiger partial charge in [-0.25, -0.2) is 0 Å². The molecule has 0 aliphatic carbocycles. The van der Waals surface area contributed by atoms with Crippen molar-refractivity contribution in [1.29, 1.82) is 0 Å². The number of rotatable bonds is 1. The molecule has 0 radical (unpaired) electrons. The zero-order chi connectivity index (χ0) is 14.3. The van der Waals surface area contributed by atoms with Gasteiger partial charge in [0.15, 0.2) is 0 Å². The van der Waals surface area contributed by atoms with Crippen molar-refractivity contribution in [2.45, 2.75) is 33.1 Å². The van der Waals surface area contributed by atoms with E-state index >= 15 is 0 Å². The number of nitrogens with zero attached hydrogens (tertiary/aromatic N) is 1. The van der Waals surface area contributed by atoms with Crippen LogP contribution in [0.25, 0.3) is 10.9 Å². The molecule has 1 aliphatic rings. The Bertz CT molecular complexity index is 636. The van der Waals surface area contributed by atoms with Crippen LogP contribution in [-0.4, -0.2) is 28.9 Å². The van der Waals surface area contributed by atoms with Crippen LogP contribution >= 0.6 is 0 Å². The van der Waals surface area contributed by atoms with Gasteiger partial charge in [-0.2, -0.15) is 0 Å². The van der Waals surface area contributed by atoms with Gasteiger partial charge >= 0.3 is 0 Å². The fraction of sp³-hybridized carbons (Fsp3) is 0.471. The van der Waals surface area contributed by atoms with Gasteiger partial charge in [0.25, 0.3) is 0 Å². The minimum absolute atomic E-state index is 0.264. The van der Waals surface area contributed by atoms with E-state index in [4.69, 9.17) is 0 Å². The van der Waals surface area contributed by atoms with Crippen LogP contribution in [0.3, 0.4) is 0 Å². The van der Waals surface area contributed by atoms with Crippen molar-refractivity contribution >= 4 is 16.8 Å². The summed E-state index contributed by atoms with van der Waals surface area (Å²) >= 11 is 0. The van der Waals surface area contributed by atoms with Crippen molar-refractivity contribution < 1.29 is 4.79 Å². The summed E-state index contributed by atoms with van der Waals surface area (Å²) in [6.07, 6.45) is 3.17. The van der Waals surface area contributed by atoms with E-state index in [1.807, 2.05) is 31.7 Å². The number of amides is 1. The highest BCUT2D eigenvalue weighted by molar-refractivity contribution is 5.84. The molecule has 0 bridgehead atoms. The normalized spacial score (nSPS) is 19.8. The molecule has 3 rings (SSSR count). The third-order valence-corrected chi connectivity index (χ3v) is 4.18. The lowest BCUT2D eigenvalue weighted by atomic mass is 9.94. The Labute approximate surface area is 120 Å². The van der Waals surface area contributed by atoms with Crippen LogP contribution in [0.2, 0.25) is 0 Å². The fourth-order valence-corrected chi connectivity index (χ4v) is 3.10. The highest BCUT2D eigenvalue weighted by Crippen LogP contribution is 2.34. The van der Waals surface area contributed by atoms with Crippen molar-refractivity contribution in [3.63, 3.8) is 0 Å². The number of hydrogen-bond acceptors (Lipinski definition) is 1. The van der Waals surface area contributed by atoms with E-state index in [1.54, 1.807) is 0 Å². The third kappa shape index (κ3) is 2.21. The SMILES string of the molecule is CC(C)(C)C(=O)N1CCC(c2c[nH]c3ccccc23)C1. The number of aromatic amines is 1. The molecule has 1 fully saturated rings. The third-order valence-electron chi connectivity index (χ3n) is 4.18. The second-order valence-electron chi connectivity index (χ2n) is 6.78. The number of benzene rings is 1. The minimum Gasteiger partial charge on any atom is -0.361 e.